The average Bonchev–Trinajstić information content (AvgIpc) is 2.26. The zero-order chi connectivity index (χ0) is 14.4. The highest BCUT2D eigenvalue weighted by Gasteiger charge is 2.33. The van der Waals surface area contributed by atoms with Gasteiger partial charge in [-0.05, 0) is 57.9 Å². The average molecular weight is 279 g/mol. The van der Waals surface area contributed by atoms with Crippen LogP contribution in [0.15, 0.2) is 18.2 Å². The van der Waals surface area contributed by atoms with Crippen LogP contribution in [-0.2, 0) is 6.54 Å². The zero-order valence-corrected chi connectivity index (χ0v) is 13.2. The lowest BCUT2D eigenvalue weighted by Crippen LogP contribution is -2.49. The molecule has 1 aromatic carbocycles. The Morgan fingerprint density at radius 2 is 1.95 bits per heavy atom. The number of allylic oxidation sites excluding steroid dienone is 1. The normalized spacial score (nSPS) is 17.5. The van der Waals surface area contributed by atoms with Gasteiger partial charge in [0.25, 0.3) is 0 Å². The SMILES string of the molecule is CC1=CC(C)(C)N(C(C)C)c2cc(Cl)c(CN)cc21. The molecule has 2 nitrogen and oxygen atoms in total. The van der Waals surface area contributed by atoms with Crippen LogP contribution in [0.3, 0.4) is 0 Å². The molecule has 19 heavy (non-hydrogen) atoms. The van der Waals surface area contributed by atoms with E-state index in [0.29, 0.717) is 12.6 Å². The molecule has 0 saturated heterocycles. The van der Waals surface area contributed by atoms with Gasteiger partial charge >= 0.3 is 0 Å². The summed E-state index contributed by atoms with van der Waals surface area (Å²) >= 11 is 6.35. The number of halogens is 1. The van der Waals surface area contributed by atoms with Crippen LogP contribution in [0.4, 0.5) is 5.69 Å². The van der Waals surface area contributed by atoms with Crippen molar-refractivity contribution in [3.63, 3.8) is 0 Å². The monoisotopic (exact) mass is 278 g/mol. The Balaban J connectivity index is 2.69. The fourth-order valence-electron chi connectivity index (χ4n) is 3.21. The number of nitrogens with two attached hydrogens (primary N) is 1. The van der Waals surface area contributed by atoms with E-state index in [1.54, 1.807) is 0 Å². The van der Waals surface area contributed by atoms with E-state index in [4.69, 9.17) is 17.3 Å². The Hall–Kier alpha value is -0.990. The van der Waals surface area contributed by atoms with Gasteiger partial charge in [0.1, 0.15) is 0 Å². The Kier molecular flexibility index (Phi) is 3.67. The van der Waals surface area contributed by atoms with Crippen molar-refractivity contribution in [3.05, 3.63) is 34.4 Å². The molecular weight excluding hydrogens is 256 g/mol. The summed E-state index contributed by atoms with van der Waals surface area (Å²) in [7, 11) is 0. The first kappa shape index (κ1) is 14.4. The molecule has 2 rings (SSSR count). The van der Waals surface area contributed by atoms with Gasteiger partial charge in [-0.2, -0.15) is 0 Å². The maximum atomic E-state index is 6.35. The molecule has 0 amide bonds. The summed E-state index contributed by atoms with van der Waals surface area (Å²) in [5.74, 6) is 0. The third kappa shape index (κ3) is 2.39. The number of hydrogen-bond donors (Lipinski definition) is 1. The summed E-state index contributed by atoms with van der Waals surface area (Å²) in [6.45, 7) is 11.5. The topological polar surface area (TPSA) is 29.3 Å². The minimum atomic E-state index is -0.00118. The van der Waals surface area contributed by atoms with E-state index in [1.807, 2.05) is 0 Å². The smallest absolute Gasteiger partial charge is 0.0537 e. The summed E-state index contributed by atoms with van der Waals surface area (Å²) in [6.07, 6.45) is 2.32. The number of hydrogen-bond acceptors (Lipinski definition) is 2. The van der Waals surface area contributed by atoms with E-state index < -0.39 is 0 Å². The van der Waals surface area contributed by atoms with Crippen molar-refractivity contribution in [2.45, 2.75) is 52.7 Å². The summed E-state index contributed by atoms with van der Waals surface area (Å²) in [6, 6.07) is 4.61. The Morgan fingerprint density at radius 3 is 2.47 bits per heavy atom. The van der Waals surface area contributed by atoms with E-state index in [1.165, 1.54) is 16.8 Å². The second kappa shape index (κ2) is 4.84. The lowest BCUT2D eigenvalue weighted by molar-refractivity contribution is 0.507. The number of fused-ring (bicyclic) bond motifs is 1. The molecule has 0 spiro atoms. The quantitative estimate of drug-likeness (QED) is 0.878. The number of anilines is 1. The molecule has 0 unspecified atom stereocenters. The first-order chi connectivity index (χ1) is 8.77. The van der Waals surface area contributed by atoms with Gasteiger partial charge in [-0.3, -0.25) is 0 Å². The van der Waals surface area contributed by atoms with Crippen molar-refractivity contribution in [2.24, 2.45) is 5.73 Å². The highest BCUT2D eigenvalue weighted by Crippen LogP contribution is 2.42. The molecule has 0 saturated carbocycles. The molecule has 3 heteroatoms. The zero-order valence-electron chi connectivity index (χ0n) is 12.4. The van der Waals surface area contributed by atoms with Crippen LogP contribution in [0.25, 0.3) is 5.57 Å². The number of benzene rings is 1. The molecule has 0 bridgehead atoms. The molecule has 1 aliphatic rings. The third-order valence-corrected chi connectivity index (χ3v) is 4.13. The first-order valence-electron chi connectivity index (χ1n) is 6.79. The molecule has 0 radical (unpaired) electrons. The van der Waals surface area contributed by atoms with Gasteiger partial charge < -0.3 is 10.6 Å². The van der Waals surface area contributed by atoms with Gasteiger partial charge in [0, 0.05) is 28.9 Å². The van der Waals surface area contributed by atoms with Crippen molar-refractivity contribution in [3.8, 4) is 0 Å². The van der Waals surface area contributed by atoms with Crippen LogP contribution in [0.1, 0.15) is 45.7 Å². The molecular formula is C16H23ClN2. The lowest BCUT2D eigenvalue weighted by atomic mass is 9.87. The molecule has 0 atom stereocenters. The maximum absolute atomic E-state index is 6.35. The second-order valence-corrected chi connectivity index (χ2v) is 6.52. The van der Waals surface area contributed by atoms with Crippen LogP contribution in [0.2, 0.25) is 5.02 Å². The summed E-state index contributed by atoms with van der Waals surface area (Å²) in [5, 5.41) is 0.761. The van der Waals surface area contributed by atoms with Gasteiger partial charge in [-0.25, -0.2) is 0 Å². The van der Waals surface area contributed by atoms with Gasteiger partial charge in [0.05, 0.1) is 5.54 Å². The highest BCUT2D eigenvalue weighted by atomic mass is 35.5. The van der Waals surface area contributed by atoms with Crippen LogP contribution in [-0.4, -0.2) is 11.6 Å². The van der Waals surface area contributed by atoms with E-state index in [2.05, 4.69) is 57.7 Å². The van der Waals surface area contributed by atoms with Gasteiger partial charge in [-0.1, -0.05) is 17.7 Å². The molecule has 2 N–H and O–H groups in total. The summed E-state index contributed by atoms with van der Waals surface area (Å²) < 4.78 is 0. The van der Waals surface area contributed by atoms with Crippen molar-refractivity contribution < 1.29 is 0 Å². The summed E-state index contributed by atoms with van der Waals surface area (Å²) in [4.78, 5) is 2.42. The second-order valence-electron chi connectivity index (χ2n) is 6.11. The van der Waals surface area contributed by atoms with Crippen molar-refractivity contribution in [1.29, 1.82) is 0 Å². The third-order valence-electron chi connectivity index (χ3n) is 3.78. The predicted molar refractivity (Wildman–Crippen MR) is 84.7 cm³/mol. The minimum Gasteiger partial charge on any atom is -0.360 e. The molecule has 0 fully saturated rings. The fourth-order valence-corrected chi connectivity index (χ4v) is 3.45. The van der Waals surface area contributed by atoms with E-state index in [9.17, 15) is 0 Å². The van der Waals surface area contributed by atoms with Crippen molar-refractivity contribution >= 4 is 22.9 Å². The summed E-state index contributed by atoms with van der Waals surface area (Å²) in [5.41, 5.74) is 10.5. The van der Waals surface area contributed by atoms with Crippen LogP contribution in [0.5, 0.6) is 0 Å². The Morgan fingerprint density at radius 1 is 1.32 bits per heavy atom. The van der Waals surface area contributed by atoms with Crippen LogP contribution >= 0.6 is 11.6 Å². The first-order valence-corrected chi connectivity index (χ1v) is 7.17. The van der Waals surface area contributed by atoms with E-state index in [0.717, 1.165) is 10.6 Å². The van der Waals surface area contributed by atoms with E-state index >= 15 is 0 Å². The van der Waals surface area contributed by atoms with Crippen molar-refractivity contribution in [1.82, 2.24) is 0 Å². The Labute approximate surface area is 121 Å². The van der Waals surface area contributed by atoms with Crippen LogP contribution < -0.4 is 10.6 Å². The Bertz CT molecular complexity index is 530. The molecule has 0 aliphatic carbocycles. The standard InChI is InChI=1S/C16H23ClN2/c1-10(2)19-15-7-14(17)12(9-18)6-13(15)11(3)8-16(19,4)5/h6-8,10H,9,18H2,1-5H3. The predicted octanol–water partition coefficient (Wildman–Crippen LogP) is 4.21. The lowest BCUT2D eigenvalue weighted by Gasteiger charge is -2.46. The molecule has 0 aromatic heterocycles. The maximum Gasteiger partial charge on any atom is 0.0537 e. The number of nitrogens with zero attached hydrogens (tertiary/aromatic N) is 1. The minimum absolute atomic E-state index is 0.00118. The number of rotatable bonds is 2. The molecule has 1 heterocycles. The van der Waals surface area contributed by atoms with E-state index in [-0.39, 0.29) is 5.54 Å². The van der Waals surface area contributed by atoms with Crippen molar-refractivity contribution in [2.75, 3.05) is 4.90 Å². The highest BCUT2D eigenvalue weighted by molar-refractivity contribution is 6.31. The molecule has 1 aliphatic heterocycles. The molecule has 104 valence electrons. The van der Waals surface area contributed by atoms with Gasteiger partial charge in [-0.15, -0.1) is 0 Å². The molecule has 1 aromatic rings. The fraction of sp³-hybridized carbons (Fsp3) is 0.500. The van der Waals surface area contributed by atoms with Gasteiger partial charge in [0.2, 0.25) is 0 Å². The van der Waals surface area contributed by atoms with Gasteiger partial charge in [0.15, 0.2) is 0 Å². The largest absolute Gasteiger partial charge is 0.360 e. The van der Waals surface area contributed by atoms with Crippen LogP contribution in [0, 0.1) is 0 Å².